The number of nitrogens with two attached hydrogens (primary N) is 1. The average Bonchev–Trinajstić information content (AvgIpc) is 2.96. The summed E-state index contributed by atoms with van der Waals surface area (Å²) in [5.74, 6) is 2.20. The molecule has 1 saturated carbocycles. The van der Waals surface area contributed by atoms with Crippen LogP contribution >= 0.6 is 35.0 Å². The molecule has 0 amide bonds. The van der Waals surface area contributed by atoms with Crippen LogP contribution in [0.4, 0.5) is 5.82 Å². The van der Waals surface area contributed by atoms with E-state index in [-0.39, 0.29) is 0 Å². The Kier molecular flexibility index (Phi) is 3.92. The molecule has 0 radical (unpaired) electrons. The molecule has 2 fully saturated rings. The zero-order valence-electron chi connectivity index (χ0n) is 12.5. The number of rotatable bonds is 3. The van der Waals surface area contributed by atoms with Gasteiger partial charge in [0, 0.05) is 24.0 Å². The molecule has 2 aliphatic rings. The summed E-state index contributed by atoms with van der Waals surface area (Å²) in [6.07, 6.45) is 1.84. The molecule has 1 aromatic heterocycles. The van der Waals surface area contributed by atoms with Crippen LogP contribution < -0.4 is 10.6 Å². The Morgan fingerprint density at radius 2 is 2.00 bits per heavy atom. The molecule has 2 aromatic rings. The Balaban J connectivity index is 1.53. The molecular weight excluding hydrogens is 351 g/mol. The molecule has 4 nitrogen and oxygen atoms in total. The number of aryl methyl sites for hydroxylation is 1. The van der Waals surface area contributed by atoms with Crippen molar-refractivity contribution in [2.75, 3.05) is 18.0 Å². The maximum absolute atomic E-state index is 6.24. The van der Waals surface area contributed by atoms with E-state index in [4.69, 9.17) is 33.9 Å². The highest BCUT2D eigenvalue weighted by Gasteiger charge is 2.53. The summed E-state index contributed by atoms with van der Waals surface area (Å²) in [5.41, 5.74) is 6.89. The predicted molar refractivity (Wildman–Crippen MR) is 94.5 cm³/mol. The van der Waals surface area contributed by atoms with Gasteiger partial charge in [-0.3, -0.25) is 0 Å². The minimum Gasteiger partial charge on any atom is -0.355 e. The Morgan fingerprint density at radius 1 is 1.26 bits per heavy atom. The van der Waals surface area contributed by atoms with Gasteiger partial charge in [-0.2, -0.15) is 0 Å². The van der Waals surface area contributed by atoms with Crippen molar-refractivity contribution in [2.45, 2.75) is 22.9 Å². The van der Waals surface area contributed by atoms with Crippen molar-refractivity contribution in [3.05, 3.63) is 40.1 Å². The third-order valence-electron chi connectivity index (χ3n) is 4.60. The maximum Gasteiger partial charge on any atom is 0.147 e. The first-order chi connectivity index (χ1) is 11.0. The number of hydrogen-bond donors (Lipinski definition) is 1. The highest BCUT2D eigenvalue weighted by atomic mass is 35.5. The Labute approximate surface area is 149 Å². The molecule has 0 bridgehead atoms. The van der Waals surface area contributed by atoms with E-state index in [1.807, 2.05) is 25.3 Å². The number of aromatic nitrogens is 2. The topological polar surface area (TPSA) is 55.0 Å². The molecule has 23 heavy (non-hydrogen) atoms. The smallest absolute Gasteiger partial charge is 0.147 e. The monoisotopic (exact) mass is 366 g/mol. The standard InChI is InChI=1S/C16H16Cl2N4S/c1-8-16(23-12-4-2-3-11(17)14(12)18)20-5-13(21-8)22-6-9-10(7-22)15(9)19/h2-5,9-10,15H,6-7,19H2,1H3/t9-,10+,15-. The summed E-state index contributed by atoms with van der Waals surface area (Å²) in [6, 6.07) is 5.98. The van der Waals surface area contributed by atoms with Gasteiger partial charge in [0.15, 0.2) is 0 Å². The van der Waals surface area contributed by atoms with Crippen LogP contribution in [-0.2, 0) is 0 Å². The van der Waals surface area contributed by atoms with Gasteiger partial charge in [-0.05, 0) is 30.9 Å². The van der Waals surface area contributed by atoms with Crippen LogP contribution in [0.2, 0.25) is 10.0 Å². The predicted octanol–water partition coefficient (Wildman–Crippen LogP) is 3.64. The first-order valence-corrected chi connectivity index (χ1v) is 9.08. The van der Waals surface area contributed by atoms with Gasteiger partial charge in [0.2, 0.25) is 0 Å². The fraction of sp³-hybridized carbons (Fsp3) is 0.375. The highest BCUT2D eigenvalue weighted by Crippen LogP contribution is 2.45. The summed E-state index contributed by atoms with van der Waals surface area (Å²) < 4.78 is 0. The quantitative estimate of drug-likeness (QED) is 0.898. The summed E-state index contributed by atoms with van der Waals surface area (Å²) in [6.45, 7) is 3.96. The Morgan fingerprint density at radius 3 is 2.70 bits per heavy atom. The lowest BCUT2D eigenvalue weighted by molar-refractivity contribution is 0.729. The van der Waals surface area contributed by atoms with Crippen molar-refractivity contribution in [3.8, 4) is 0 Å². The summed E-state index contributed by atoms with van der Waals surface area (Å²) in [5, 5.41) is 1.95. The lowest BCUT2D eigenvalue weighted by Crippen LogP contribution is -2.28. The number of anilines is 1. The van der Waals surface area contributed by atoms with Crippen LogP contribution in [0.25, 0.3) is 0 Å². The molecule has 1 saturated heterocycles. The van der Waals surface area contributed by atoms with Gasteiger partial charge in [-0.25, -0.2) is 9.97 Å². The lowest BCUT2D eigenvalue weighted by Gasteiger charge is -2.20. The van der Waals surface area contributed by atoms with Crippen molar-refractivity contribution >= 4 is 40.8 Å². The normalized spacial score (nSPS) is 25.6. The number of halogens is 2. The van der Waals surface area contributed by atoms with Crippen molar-refractivity contribution in [1.29, 1.82) is 0 Å². The zero-order chi connectivity index (χ0) is 16.1. The fourth-order valence-electron chi connectivity index (χ4n) is 3.14. The van der Waals surface area contributed by atoms with Crippen molar-refractivity contribution < 1.29 is 0 Å². The minimum atomic E-state index is 0.389. The van der Waals surface area contributed by atoms with E-state index in [9.17, 15) is 0 Å². The van der Waals surface area contributed by atoms with Gasteiger partial charge in [-0.15, -0.1) is 0 Å². The minimum absolute atomic E-state index is 0.389. The van der Waals surface area contributed by atoms with Gasteiger partial charge >= 0.3 is 0 Å². The van der Waals surface area contributed by atoms with Gasteiger partial charge < -0.3 is 10.6 Å². The molecule has 2 heterocycles. The molecule has 1 aromatic carbocycles. The van der Waals surface area contributed by atoms with Gasteiger partial charge in [0.25, 0.3) is 0 Å². The molecule has 7 heteroatoms. The van der Waals surface area contributed by atoms with Crippen LogP contribution in [0.3, 0.4) is 0 Å². The largest absolute Gasteiger partial charge is 0.355 e. The van der Waals surface area contributed by atoms with E-state index in [0.717, 1.165) is 34.5 Å². The summed E-state index contributed by atoms with van der Waals surface area (Å²) in [4.78, 5) is 12.4. The maximum atomic E-state index is 6.24. The second-order valence-corrected chi connectivity index (χ2v) is 7.90. The SMILES string of the molecule is Cc1nc(N2C[C@@H]3[C@H](N)[C@@H]3C2)cnc1Sc1cccc(Cl)c1Cl. The second kappa shape index (κ2) is 5.81. The number of benzene rings is 1. The summed E-state index contributed by atoms with van der Waals surface area (Å²) >= 11 is 13.8. The van der Waals surface area contributed by atoms with Crippen LogP contribution in [-0.4, -0.2) is 29.1 Å². The van der Waals surface area contributed by atoms with E-state index < -0.39 is 0 Å². The number of fused-ring (bicyclic) bond motifs is 1. The van der Waals surface area contributed by atoms with E-state index in [2.05, 4.69) is 9.88 Å². The highest BCUT2D eigenvalue weighted by molar-refractivity contribution is 7.99. The number of piperidine rings is 1. The molecule has 1 aliphatic heterocycles. The number of hydrogen-bond acceptors (Lipinski definition) is 5. The molecule has 1 aliphatic carbocycles. The van der Waals surface area contributed by atoms with E-state index in [1.165, 1.54) is 11.8 Å². The second-order valence-electron chi connectivity index (χ2n) is 6.08. The number of nitrogens with zero attached hydrogens (tertiary/aromatic N) is 3. The summed E-state index contributed by atoms with van der Waals surface area (Å²) in [7, 11) is 0. The molecule has 0 spiro atoms. The zero-order valence-corrected chi connectivity index (χ0v) is 14.9. The lowest BCUT2D eigenvalue weighted by atomic mass is 10.4. The third-order valence-corrected chi connectivity index (χ3v) is 6.68. The molecular formula is C16H16Cl2N4S. The van der Waals surface area contributed by atoms with Crippen LogP contribution in [0.15, 0.2) is 34.3 Å². The Hall–Kier alpha value is -1.01. The van der Waals surface area contributed by atoms with E-state index in [1.54, 1.807) is 6.07 Å². The van der Waals surface area contributed by atoms with Crippen molar-refractivity contribution in [2.24, 2.45) is 17.6 Å². The molecule has 3 atom stereocenters. The fourth-order valence-corrected chi connectivity index (χ4v) is 4.46. The molecule has 4 rings (SSSR count). The van der Waals surface area contributed by atoms with Gasteiger partial charge in [0.1, 0.15) is 10.8 Å². The van der Waals surface area contributed by atoms with Gasteiger partial charge in [0.05, 0.1) is 21.9 Å². The van der Waals surface area contributed by atoms with Crippen molar-refractivity contribution in [3.63, 3.8) is 0 Å². The van der Waals surface area contributed by atoms with E-state index in [0.29, 0.717) is 27.9 Å². The average molecular weight is 367 g/mol. The first-order valence-electron chi connectivity index (χ1n) is 7.50. The Bertz CT molecular complexity index is 758. The third kappa shape index (κ3) is 2.80. The molecule has 0 unspecified atom stereocenters. The molecule has 2 N–H and O–H groups in total. The molecule has 120 valence electrons. The van der Waals surface area contributed by atoms with Gasteiger partial charge in [-0.1, -0.05) is 41.0 Å². The van der Waals surface area contributed by atoms with Crippen LogP contribution in [0.1, 0.15) is 5.69 Å². The van der Waals surface area contributed by atoms with E-state index >= 15 is 0 Å². The first kappa shape index (κ1) is 15.5. The van der Waals surface area contributed by atoms with Crippen molar-refractivity contribution in [1.82, 2.24) is 9.97 Å². The van der Waals surface area contributed by atoms with Crippen LogP contribution in [0.5, 0.6) is 0 Å². The van der Waals surface area contributed by atoms with Crippen LogP contribution in [0, 0.1) is 18.8 Å².